The molecule has 1 aromatic heterocycles. The lowest BCUT2D eigenvalue weighted by molar-refractivity contribution is -0.187. The first-order valence-electron chi connectivity index (χ1n) is 7.04. The topological polar surface area (TPSA) is 46.8 Å². The Morgan fingerprint density at radius 1 is 1.35 bits per heavy atom. The predicted molar refractivity (Wildman–Crippen MR) is 66.8 cm³/mol. The van der Waals surface area contributed by atoms with Crippen LogP contribution >= 0.6 is 0 Å². The SMILES string of the molecule is CCCCn1nnnc1CN1CCC[C@H](C(F)(F)F)C1. The molecule has 114 valence electrons. The summed E-state index contributed by atoms with van der Waals surface area (Å²) in [5.41, 5.74) is 0. The van der Waals surface area contributed by atoms with Gasteiger partial charge in [0.2, 0.25) is 0 Å². The minimum absolute atomic E-state index is 0.0458. The minimum atomic E-state index is -4.10. The van der Waals surface area contributed by atoms with Crippen molar-refractivity contribution < 1.29 is 13.2 Å². The first-order valence-corrected chi connectivity index (χ1v) is 7.04. The predicted octanol–water partition coefficient (Wildman–Crippen LogP) is 2.25. The van der Waals surface area contributed by atoms with Crippen molar-refractivity contribution in [2.24, 2.45) is 5.92 Å². The van der Waals surface area contributed by atoms with Gasteiger partial charge in [0.15, 0.2) is 5.82 Å². The number of tetrazole rings is 1. The van der Waals surface area contributed by atoms with Crippen molar-refractivity contribution in [3.8, 4) is 0 Å². The summed E-state index contributed by atoms with van der Waals surface area (Å²) in [6.45, 7) is 3.90. The van der Waals surface area contributed by atoms with Gasteiger partial charge in [-0.15, -0.1) is 5.10 Å². The molecule has 0 spiro atoms. The van der Waals surface area contributed by atoms with E-state index in [2.05, 4.69) is 22.4 Å². The third-order valence-electron chi connectivity index (χ3n) is 3.66. The summed E-state index contributed by atoms with van der Waals surface area (Å²) in [6, 6.07) is 0. The first kappa shape index (κ1) is 15.2. The van der Waals surface area contributed by atoms with E-state index in [1.165, 1.54) is 0 Å². The average molecular weight is 291 g/mol. The Kier molecular flexibility index (Phi) is 4.95. The van der Waals surface area contributed by atoms with E-state index in [4.69, 9.17) is 0 Å². The van der Waals surface area contributed by atoms with Crippen LogP contribution in [0.15, 0.2) is 0 Å². The average Bonchev–Trinajstić information content (AvgIpc) is 2.83. The number of likely N-dealkylation sites (tertiary alicyclic amines) is 1. The van der Waals surface area contributed by atoms with E-state index in [0.717, 1.165) is 19.4 Å². The standard InChI is InChI=1S/C12H20F3N5/c1-2-3-7-20-11(16-17-18-20)9-19-6-4-5-10(8-19)12(13,14)15/h10H,2-9H2,1H3/t10-/m0/s1. The van der Waals surface area contributed by atoms with Crippen LogP contribution in [0, 0.1) is 5.92 Å². The third kappa shape index (κ3) is 3.91. The molecular formula is C12H20F3N5. The van der Waals surface area contributed by atoms with Gasteiger partial charge in [-0.05, 0) is 36.2 Å². The molecule has 0 bridgehead atoms. The molecule has 0 amide bonds. The van der Waals surface area contributed by atoms with Crippen LogP contribution in [0.4, 0.5) is 13.2 Å². The van der Waals surface area contributed by atoms with Gasteiger partial charge in [-0.2, -0.15) is 13.2 Å². The van der Waals surface area contributed by atoms with Gasteiger partial charge in [0.05, 0.1) is 12.5 Å². The third-order valence-corrected chi connectivity index (χ3v) is 3.66. The van der Waals surface area contributed by atoms with Crippen LogP contribution in [0.25, 0.3) is 0 Å². The number of aryl methyl sites for hydroxylation is 1. The molecule has 1 fully saturated rings. The number of rotatable bonds is 5. The molecule has 1 aliphatic rings. The van der Waals surface area contributed by atoms with E-state index >= 15 is 0 Å². The number of piperidine rings is 1. The van der Waals surface area contributed by atoms with Gasteiger partial charge in [0.1, 0.15) is 0 Å². The number of hydrogen-bond acceptors (Lipinski definition) is 4. The van der Waals surface area contributed by atoms with Gasteiger partial charge in [-0.25, -0.2) is 4.68 Å². The normalized spacial score (nSPS) is 21.3. The fourth-order valence-electron chi connectivity index (χ4n) is 2.48. The van der Waals surface area contributed by atoms with Crippen molar-refractivity contribution >= 4 is 0 Å². The van der Waals surface area contributed by atoms with Crippen molar-refractivity contribution in [3.63, 3.8) is 0 Å². The van der Waals surface area contributed by atoms with Crippen LogP contribution in [-0.4, -0.2) is 44.4 Å². The second-order valence-electron chi connectivity index (χ2n) is 5.29. The zero-order valence-corrected chi connectivity index (χ0v) is 11.6. The van der Waals surface area contributed by atoms with E-state index in [1.807, 2.05) is 0 Å². The zero-order valence-electron chi connectivity index (χ0n) is 11.6. The van der Waals surface area contributed by atoms with Crippen LogP contribution in [0.1, 0.15) is 38.4 Å². The highest BCUT2D eigenvalue weighted by Crippen LogP contribution is 2.33. The molecule has 1 saturated heterocycles. The van der Waals surface area contributed by atoms with Gasteiger partial charge >= 0.3 is 6.18 Å². The number of unbranched alkanes of at least 4 members (excludes halogenated alkanes) is 1. The van der Waals surface area contributed by atoms with Crippen molar-refractivity contribution in [1.82, 2.24) is 25.1 Å². The highest BCUT2D eigenvalue weighted by atomic mass is 19.4. The van der Waals surface area contributed by atoms with Crippen molar-refractivity contribution in [2.75, 3.05) is 13.1 Å². The Morgan fingerprint density at radius 3 is 2.85 bits per heavy atom. The summed E-state index contributed by atoms with van der Waals surface area (Å²) >= 11 is 0. The molecular weight excluding hydrogens is 271 g/mol. The Labute approximate surface area is 116 Å². The monoisotopic (exact) mass is 291 g/mol. The van der Waals surface area contributed by atoms with Crippen LogP contribution in [-0.2, 0) is 13.1 Å². The van der Waals surface area contributed by atoms with E-state index in [1.54, 1.807) is 9.58 Å². The molecule has 0 unspecified atom stereocenters. The molecule has 1 aliphatic heterocycles. The molecule has 0 N–H and O–H groups in total. The van der Waals surface area contributed by atoms with Crippen LogP contribution in [0.5, 0.6) is 0 Å². The highest BCUT2D eigenvalue weighted by Gasteiger charge is 2.41. The lowest BCUT2D eigenvalue weighted by Crippen LogP contribution is -2.41. The Morgan fingerprint density at radius 2 is 2.15 bits per heavy atom. The summed E-state index contributed by atoms with van der Waals surface area (Å²) in [7, 11) is 0. The maximum absolute atomic E-state index is 12.8. The number of aromatic nitrogens is 4. The van der Waals surface area contributed by atoms with Gasteiger partial charge in [-0.1, -0.05) is 13.3 Å². The number of nitrogens with zero attached hydrogens (tertiary/aromatic N) is 5. The summed E-state index contributed by atoms with van der Waals surface area (Å²) in [5.74, 6) is -0.572. The van der Waals surface area contributed by atoms with Crippen molar-refractivity contribution in [3.05, 3.63) is 5.82 Å². The second kappa shape index (κ2) is 6.51. The lowest BCUT2D eigenvalue weighted by Gasteiger charge is -2.33. The molecule has 20 heavy (non-hydrogen) atoms. The summed E-state index contributed by atoms with van der Waals surface area (Å²) < 4.78 is 40.0. The maximum atomic E-state index is 12.8. The lowest BCUT2D eigenvalue weighted by atomic mass is 9.97. The molecule has 8 heteroatoms. The Bertz CT molecular complexity index is 417. The highest BCUT2D eigenvalue weighted by molar-refractivity contribution is 4.85. The summed E-state index contributed by atoms with van der Waals surface area (Å²) in [5, 5.41) is 11.4. The molecule has 2 heterocycles. The second-order valence-corrected chi connectivity index (χ2v) is 5.29. The summed E-state index contributed by atoms with van der Waals surface area (Å²) in [4.78, 5) is 1.80. The van der Waals surface area contributed by atoms with Gasteiger partial charge in [0.25, 0.3) is 0 Å². The molecule has 5 nitrogen and oxygen atoms in total. The molecule has 0 radical (unpaired) electrons. The van der Waals surface area contributed by atoms with E-state index in [0.29, 0.717) is 25.3 Å². The van der Waals surface area contributed by atoms with Gasteiger partial charge in [-0.3, -0.25) is 4.90 Å². The van der Waals surface area contributed by atoms with Crippen LogP contribution < -0.4 is 0 Å². The molecule has 0 aliphatic carbocycles. The van der Waals surface area contributed by atoms with Crippen molar-refractivity contribution in [1.29, 1.82) is 0 Å². The molecule has 0 saturated carbocycles. The molecule has 0 aromatic carbocycles. The van der Waals surface area contributed by atoms with Gasteiger partial charge in [0, 0.05) is 13.1 Å². The van der Waals surface area contributed by atoms with Crippen LogP contribution in [0.2, 0.25) is 0 Å². The quantitative estimate of drug-likeness (QED) is 0.835. The fourth-order valence-corrected chi connectivity index (χ4v) is 2.48. The van der Waals surface area contributed by atoms with Crippen molar-refractivity contribution in [2.45, 2.75) is 51.9 Å². The van der Waals surface area contributed by atoms with E-state index in [9.17, 15) is 13.2 Å². The zero-order chi connectivity index (χ0) is 14.6. The molecule has 2 rings (SSSR count). The minimum Gasteiger partial charge on any atom is -0.295 e. The van der Waals surface area contributed by atoms with Gasteiger partial charge < -0.3 is 0 Å². The van der Waals surface area contributed by atoms with E-state index < -0.39 is 12.1 Å². The first-order chi connectivity index (χ1) is 9.50. The Balaban J connectivity index is 1.94. The molecule has 1 aromatic rings. The number of alkyl halides is 3. The van der Waals surface area contributed by atoms with Crippen LogP contribution in [0.3, 0.4) is 0 Å². The smallest absolute Gasteiger partial charge is 0.295 e. The summed E-state index contributed by atoms with van der Waals surface area (Å²) in [6.07, 6.45) is -1.32. The number of hydrogen-bond donors (Lipinski definition) is 0. The molecule has 1 atom stereocenters. The maximum Gasteiger partial charge on any atom is 0.393 e. The fraction of sp³-hybridized carbons (Fsp3) is 0.917. The number of halogens is 3. The van der Waals surface area contributed by atoms with E-state index in [-0.39, 0.29) is 13.0 Å². The Hall–Kier alpha value is -1.18. The largest absolute Gasteiger partial charge is 0.393 e.